The van der Waals surface area contributed by atoms with Crippen LogP contribution in [-0.2, 0) is 4.74 Å². The van der Waals surface area contributed by atoms with E-state index in [0.29, 0.717) is 12.3 Å². The zero-order chi connectivity index (χ0) is 11.3. The van der Waals surface area contributed by atoms with Crippen molar-refractivity contribution in [3.8, 4) is 0 Å². The van der Waals surface area contributed by atoms with Crippen LogP contribution in [-0.4, -0.2) is 19.8 Å². The van der Waals surface area contributed by atoms with E-state index in [2.05, 4.69) is 5.32 Å². The molecule has 0 fully saturated rings. The predicted octanol–water partition coefficient (Wildman–Crippen LogP) is 2.80. The molecular weight excluding hydrogens is 200 g/mol. The highest BCUT2D eigenvalue weighted by Gasteiger charge is 2.07. The molecule has 0 aliphatic rings. The minimum Gasteiger partial charge on any atom is -0.383 e. The molecule has 15 heavy (non-hydrogen) atoms. The number of nitrogens with one attached hydrogen (secondary N) is 1. The van der Waals surface area contributed by atoms with Gasteiger partial charge in [-0.1, -0.05) is 6.92 Å². The summed E-state index contributed by atoms with van der Waals surface area (Å²) in [5, 5.41) is 3.01. The lowest BCUT2D eigenvalue weighted by molar-refractivity contribution is 0.184. The highest BCUT2D eigenvalue weighted by Crippen LogP contribution is 2.14. The summed E-state index contributed by atoms with van der Waals surface area (Å²) >= 11 is 0. The normalized spacial score (nSPS) is 12.5. The number of anilines is 1. The molecule has 0 heterocycles. The summed E-state index contributed by atoms with van der Waals surface area (Å²) in [5.74, 6) is -1.16. The summed E-state index contributed by atoms with van der Waals surface area (Å²) in [7, 11) is 1.59. The van der Waals surface area contributed by atoms with Crippen molar-refractivity contribution in [1.82, 2.24) is 0 Å². The summed E-state index contributed by atoms with van der Waals surface area (Å²) < 4.78 is 30.7. The Hall–Kier alpha value is -1.16. The number of hydrogen-bond acceptors (Lipinski definition) is 2. The summed E-state index contributed by atoms with van der Waals surface area (Å²) in [5.41, 5.74) is 0.441. The molecule has 0 aromatic heterocycles. The highest BCUT2D eigenvalue weighted by molar-refractivity contribution is 5.44. The fraction of sp³-hybridized carbons (Fsp3) is 0.455. The highest BCUT2D eigenvalue weighted by atomic mass is 19.1. The third-order valence-corrected chi connectivity index (χ3v) is 2.09. The average molecular weight is 215 g/mol. The van der Waals surface area contributed by atoms with Crippen molar-refractivity contribution >= 4 is 5.69 Å². The van der Waals surface area contributed by atoms with Crippen LogP contribution in [0.5, 0.6) is 0 Å². The Labute approximate surface area is 88.3 Å². The molecule has 4 heteroatoms. The van der Waals surface area contributed by atoms with E-state index in [1.165, 1.54) is 12.1 Å². The third-order valence-electron chi connectivity index (χ3n) is 2.09. The van der Waals surface area contributed by atoms with Gasteiger partial charge in [-0.3, -0.25) is 0 Å². The third kappa shape index (κ3) is 3.83. The number of ether oxygens (including phenoxy) is 1. The van der Waals surface area contributed by atoms with Crippen LogP contribution in [0.15, 0.2) is 18.2 Å². The second-order valence-corrected chi connectivity index (χ2v) is 3.36. The summed E-state index contributed by atoms with van der Waals surface area (Å²) in [6.07, 6.45) is 0.825. The van der Waals surface area contributed by atoms with E-state index in [-0.39, 0.29) is 6.04 Å². The van der Waals surface area contributed by atoms with E-state index in [1.54, 1.807) is 7.11 Å². The number of benzene rings is 1. The van der Waals surface area contributed by atoms with Gasteiger partial charge in [-0.15, -0.1) is 0 Å². The quantitative estimate of drug-likeness (QED) is 0.815. The van der Waals surface area contributed by atoms with E-state index in [9.17, 15) is 8.78 Å². The standard InChI is InChI=1S/C11H15F2NO/c1-3-10(7-15-2)14-11-5-8(12)4-9(13)6-11/h4-6,10,14H,3,7H2,1-2H3. The van der Waals surface area contributed by atoms with Gasteiger partial charge in [0.15, 0.2) is 0 Å². The molecule has 1 rings (SSSR count). The minimum absolute atomic E-state index is 0.0659. The second-order valence-electron chi connectivity index (χ2n) is 3.36. The first-order valence-corrected chi connectivity index (χ1v) is 4.87. The van der Waals surface area contributed by atoms with Crippen molar-refractivity contribution in [2.24, 2.45) is 0 Å². The van der Waals surface area contributed by atoms with Crippen molar-refractivity contribution in [2.75, 3.05) is 19.0 Å². The first-order chi connectivity index (χ1) is 7.15. The van der Waals surface area contributed by atoms with E-state index < -0.39 is 11.6 Å². The maximum absolute atomic E-state index is 12.9. The molecule has 1 aromatic rings. The molecule has 1 aromatic carbocycles. The molecule has 0 spiro atoms. The zero-order valence-electron chi connectivity index (χ0n) is 8.89. The van der Waals surface area contributed by atoms with Crippen LogP contribution >= 0.6 is 0 Å². The summed E-state index contributed by atoms with van der Waals surface area (Å²) in [6, 6.07) is 3.45. The summed E-state index contributed by atoms with van der Waals surface area (Å²) in [4.78, 5) is 0. The van der Waals surface area contributed by atoms with Gasteiger partial charge in [0, 0.05) is 24.9 Å². The molecule has 0 saturated carbocycles. The van der Waals surface area contributed by atoms with Crippen LogP contribution in [0, 0.1) is 11.6 Å². The fourth-order valence-corrected chi connectivity index (χ4v) is 1.34. The number of hydrogen-bond donors (Lipinski definition) is 1. The SMILES string of the molecule is CCC(COC)Nc1cc(F)cc(F)c1. The molecule has 0 bridgehead atoms. The van der Waals surface area contributed by atoms with Crippen molar-refractivity contribution < 1.29 is 13.5 Å². The molecule has 0 radical (unpaired) electrons. The molecule has 0 aliphatic heterocycles. The molecule has 0 saturated heterocycles. The van der Waals surface area contributed by atoms with Crippen molar-refractivity contribution in [3.05, 3.63) is 29.8 Å². The van der Waals surface area contributed by atoms with Gasteiger partial charge in [0.2, 0.25) is 0 Å². The average Bonchev–Trinajstić information content (AvgIpc) is 2.15. The van der Waals surface area contributed by atoms with Gasteiger partial charge >= 0.3 is 0 Å². The molecule has 1 atom stereocenters. The van der Waals surface area contributed by atoms with E-state index in [1.807, 2.05) is 6.92 Å². The Morgan fingerprint density at radius 1 is 1.27 bits per heavy atom. The van der Waals surface area contributed by atoms with Crippen molar-refractivity contribution in [2.45, 2.75) is 19.4 Å². The Morgan fingerprint density at radius 3 is 2.33 bits per heavy atom. The molecule has 1 unspecified atom stereocenters. The minimum atomic E-state index is -0.579. The molecular formula is C11H15F2NO. The lowest BCUT2D eigenvalue weighted by Gasteiger charge is -2.17. The predicted molar refractivity (Wildman–Crippen MR) is 55.9 cm³/mol. The second kappa shape index (κ2) is 5.66. The van der Waals surface area contributed by atoms with Gasteiger partial charge in [0.05, 0.1) is 6.61 Å². The largest absolute Gasteiger partial charge is 0.383 e. The van der Waals surface area contributed by atoms with E-state index >= 15 is 0 Å². The van der Waals surface area contributed by atoms with Crippen LogP contribution in [0.4, 0.5) is 14.5 Å². The fourth-order valence-electron chi connectivity index (χ4n) is 1.34. The Balaban J connectivity index is 2.69. The maximum Gasteiger partial charge on any atom is 0.128 e. The van der Waals surface area contributed by atoms with E-state index in [4.69, 9.17) is 4.74 Å². The van der Waals surface area contributed by atoms with Crippen LogP contribution in [0.1, 0.15) is 13.3 Å². The van der Waals surface area contributed by atoms with E-state index in [0.717, 1.165) is 12.5 Å². The Bertz CT molecular complexity index is 297. The van der Waals surface area contributed by atoms with Gasteiger partial charge < -0.3 is 10.1 Å². The van der Waals surface area contributed by atoms with Crippen LogP contribution in [0.2, 0.25) is 0 Å². The molecule has 2 nitrogen and oxygen atoms in total. The first-order valence-electron chi connectivity index (χ1n) is 4.87. The van der Waals surface area contributed by atoms with Crippen molar-refractivity contribution in [3.63, 3.8) is 0 Å². The van der Waals surface area contributed by atoms with Crippen LogP contribution < -0.4 is 5.32 Å². The molecule has 1 N–H and O–H groups in total. The number of methoxy groups -OCH3 is 1. The number of rotatable bonds is 5. The lowest BCUT2D eigenvalue weighted by Crippen LogP contribution is -2.23. The first kappa shape index (κ1) is 11.9. The zero-order valence-corrected chi connectivity index (χ0v) is 8.89. The molecule has 84 valence electrons. The Morgan fingerprint density at radius 2 is 1.87 bits per heavy atom. The van der Waals surface area contributed by atoms with Crippen LogP contribution in [0.3, 0.4) is 0 Å². The van der Waals surface area contributed by atoms with Gasteiger partial charge in [-0.25, -0.2) is 8.78 Å². The maximum atomic E-state index is 12.9. The lowest BCUT2D eigenvalue weighted by atomic mass is 10.2. The molecule has 0 aliphatic carbocycles. The monoisotopic (exact) mass is 215 g/mol. The topological polar surface area (TPSA) is 21.3 Å². The van der Waals surface area contributed by atoms with Gasteiger partial charge in [-0.05, 0) is 18.6 Å². The van der Waals surface area contributed by atoms with Crippen LogP contribution in [0.25, 0.3) is 0 Å². The summed E-state index contributed by atoms with van der Waals surface area (Å²) in [6.45, 7) is 2.49. The molecule has 0 amide bonds. The van der Waals surface area contributed by atoms with Gasteiger partial charge in [0.1, 0.15) is 11.6 Å². The Kier molecular flexibility index (Phi) is 4.49. The number of halogens is 2. The van der Waals surface area contributed by atoms with Gasteiger partial charge in [0.25, 0.3) is 0 Å². The smallest absolute Gasteiger partial charge is 0.128 e. The van der Waals surface area contributed by atoms with Gasteiger partial charge in [-0.2, -0.15) is 0 Å². The van der Waals surface area contributed by atoms with Crippen molar-refractivity contribution in [1.29, 1.82) is 0 Å².